The molecule has 9 nitrogen and oxygen atoms in total. The molecule has 2 aliphatic rings. The van der Waals surface area contributed by atoms with Crippen LogP contribution in [0.2, 0.25) is 0 Å². The normalized spacial score (nSPS) is 17.4. The van der Waals surface area contributed by atoms with Gasteiger partial charge in [-0.15, -0.1) is 0 Å². The number of amides is 4. The van der Waals surface area contributed by atoms with Crippen LogP contribution in [-0.2, 0) is 22.6 Å². The zero-order valence-electron chi connectivity index (χ0n) is 15.6. The summed E-state index contributed by atoms with van der Waals surface area (Å²) >= 11 is 0. The molecule has 1 atom stereocenters. The maximum atomic E-state index is 12.6. The van der Waals surface area contributed by atoms with Crippen molar-refractivity contribution in [2.45, 2.75) is 25.4 Å². The number of carbonyl (C=O) groups is 3. The Labute approximate surface area is 167 Å². The van der Waals surface area contributed by atoms with Crippen LogP contribution in [0.4, 0.5) is 4.79 Å². The molecule has 2 aromatic rings. The molecule has 150 valence electrons. The predicted molar refractivity (Wildman–Crippen MR) is 101 cm³/mol. The number of carbonyl (C=O) groups excluding carboxylic acids is 3. The SMILES string of the molecule is O=C(C[C@H]1NC(=O)N(Cc2ccc3c(c2)OCO3)C1=O)NCCc1ccccn1. The Balaban J connectivity index is 1.29. The van der Waals surface area contributed by atoms with E-state index < -0.39 is 18.0 Å². The largest absolute Gasteiger partial charge is 0.454 e. The molecule has 1 saturated heterocycles. The number of imide groups is 1. The summed E-state index contributed by atoms with van der Waals surface area (Å²) in [7, 11) is 0. The van der Waals surface area contributed by atoms with Crippen LogP contribution in [0.1, 0.15) is 17.7 Å². The standard InChI is InChI=1S/C20H20N4O5/c25-18(22-8-6-14-3-1-2-7-21-14)10-15-19(26)24(20(27)23-15)11-13-4-5-16-17(9-13)29-12-28-16/h1-5,7,9,15H,6,8,10-12H2,(H,22,25)(H,23,27)/t15-/m1/s1. The van der Waals surface area contributed by atoms with Crippen molar-refractivity contribution in [2.75, 3.05) is 13.3 Å². The molecule has 29 heavy (non-hydrogen) atoms. The number of rotatable bonds is 7. The Morgan fingerprint density at radius 3 is 2.90 bits per heavy atom. The second-order valence-corrected chi connectivity index (χ2v) is 6.74. The van der Waals surface area contributed by atoms with E-state index >= 15 is 0 Å². The molecule has 0 spiro atoms. The van der Waals surface area contributed by atoms with Gasteiger partial charge in [-0.05, 0) is 29.8 Å². The van der Waals surface area contributed by atoms with Crippen LogP contribution >= 0.6 is 0 Å². The molecule has 3 heterocycles. The fourth-order valence-electron chi connectivity index (χ4n) is 3.22. The van der Waals surface area contributed by atoms with Gasteiger partial charge in [-0.25, -0.2) is 4.79 Å². The van der Waals surface area contributed by atoms with E-state index in [1.807, 2.05) is 18.2 Å². The smallest absolute Gasteiger partial charge is 0.325 e. The highest BCUT2D eigenvalue weighted by atomic mass is 16.7. The van der Waals surface area contributed by atoms with Crippen molar-refractivity contribution in [2.24, 2.45) is 0 Å². The first-order valence-electron chi connectivity index (χ1n) is 9.27. The van der Waals surface area contributed by atoms with Crippen molar-refractivity contribution in [3.05, 3.63) is 53.9 Å². The molecule has 0 radical (unpaired) electrons. The zero-order valence-corrected chi connectivity index (χ0v) is 15.6. The summed E-state index contributed by atoms with van der Waals surface area (Å²) in [4.78, 5) is 42.2. The van der Waals surface area contributed by atoms with Gasteiger partial charge in [-0.1, -0.05) is 12.1 Å². The molecule has 4 amide bonds. The van der Waals surface area contributed by atoms with E-state index in [0.29, 0.717) is 24.5 Å². The summed E-state index contributed by atoms with van der Waals surface area (Å²) in [6.45, 7) is 0.657. The van der Waals surface area contributed by atoms with E-state index in [-0.39, 0.29) is 25.7 Å². The lowest BCUT2D eigenvalue weighted by Gasteiger charge is -2.13. The molecule has 1 fully saturated rings. The molecule has 2 aliphatic heterocycles. The fraction of sp³-hybridized carbons (Fsp3) is 0.300. The number of hydrogen-bond acceptors (Lipinski definition) is 6. The quantitative estimate of drug-likeness (QED) is 0.675. The van der Waals surface area contributed by atoms with Gasteiger partial charge < -0.3 is 20.1 Å². The summed E-state index contributed by atoms with van der Waals surface area (Å²) in [6, 6.07) is 9.44. The van der Waals surface area contributed by atoms with Crippen LogP contribution in [0.15, 0.2) is 42.6 Å². The maximum Gasteiger partial charge on any atom is 0.325 e. The first kappa shape index (κ1) is 18.7. The number of hydrogen-bond donors (Lipinski definition) is 2. The minimum absolute atomic E-state index is 0.0963. The van der Waals surface area contributed by atoms with Gasteiger partial charge in [0.15, 0.2) is 11.5 Å². The number of pyridine rings is 1. The number of fused-ring (bicyclic) bond motifs is 1. The van der Waals surface area contributed by atoms with Crippen LogP contribution in [0.25, 0.3) is 0 Å². The van der Waals surface area contributed by atoms with E-state index in [1.165, 1.54) is 0 Å². The summed E-state index contributed by atoms with van der Waals surface area (Å²) in [5.74, 6) is 0.488. The number of nitrogens with one attached hydrogen (secondary N) is 2. The van der Waals surface area contributed by atoms with Gasteiger partial charge in [0, 0.05) is 24.9 Å². The molecular weight excluding hydrogens is 376 g/mol. The molecular formula is C20H20N4O5. The van der Waals surface area contributed by atoms with Crippen molar-refractivity contribution in [3.63, 3.8) is 0 Å². The van der Waals surface area contributed by atoms with Crippen molar-refractivity contribution < 1.29 is 23.9 Å². The molecule has 1 aromatic heterocycles. The number of ether oxygens (including phenoxy) is 2. The molecule has 0 bridgehead atoms. The highest BCUT2D eigenvalue weighted by Crippen LogP contribution is 2.33. The average molecular weight is 396 g/mol. The van der Waals surface area contributed by atoms with Crippen LogP contribution < -0.4 is 20.1 Å². The predicted octanol–water partition coefficient (Wildman–Crippen LogP) is 0.980. The van der Waals surface area contributed by atoms with Gasteiger partial charge >= 0.3 is 6.03 Å². The molecule has 0 unspecified atom stereocenters. The van der Waals surface area contributed by atoms with Gasteiger partial charge in [0.25, 0.3) is 5.91 Å². The Hall–Kier alpha value is -3.62. The second-order valence-electron chi connectivity index (χ2n) is 6.74. The molecule has 0 saturated carbocycles. The monoisotopic (exact) mass is 396 g/mol. The summed E-state index contributed by atoms with van der Waals surface area (Å²) in [6.07, 6.45) is 2.18. The third-order valence-corrected chi connectivity index (χ3v) is 4.70. The summed E-state index contributed by atoms with van der Waals surface area (Å²) in [5, 5.41) is 5.33. The van der Waals surface area contributed by atoms with Gasteiger partial charge in [0.1, 0.15) is 6.04 Å². The number of urea groups is 1. The van der Waals surface area contributed by atoms with E-state index in [4.69, 9.17) is 9.47 Å². The van der Waals surface area contributed by atoms with E-state index in [2.05, 4.69) is 15.6 Å². The van der Waals surface area contributed by atoms with Crippen LogP contribution in [-0.4, -0.2) is 47.1 Å². The van der Waals surface area contributed by atoms with Crippen molar-refractivity contribution in [3.8, 4) is 11.5 Å². The van der Waals surface area contributed by atoms with Crippen LogP contribution in [0.5, 0.6) is 11.5 Å². The minimum Gasteiger partial charge on any atom is -0.454 e. The third-order valence-electron chi connectivity index (χ3n) is 4.70. The highest BCUT2D eigenvalue weighted by Gasteiger charge is 2.39. The van der Waals surface area contributed by atoms with Gasteiger partial charge in [-0.2, -0.15) is 0 Å². The number of benzene rings is 1. The Kier molecular flexibility index (Phi) is 5.28. The summed E-state index contributed by atoms with van der Waals surface area (Å²) in [5.41, 5.74) is 1.60. The third kappa shape index (κ3) is 4.29. The Morgan fingerprint density at radius 1 is 1.21 bits per heavy atom. The molecule has 2 N–H and O–H groups in total. The van der Waals surface area contributed by atoms with Gasteiger partial charge in [-0.3, -0.25) is 19.5 Å². The lowest BCUT2D eigenvalue weighted by Crippen LogP contribution is -2.37. The topological polar surface area (TPSA) is 110 Å². The van der Waals surface area contributed by atoms with E-state index in [0.717, 1.165) is 16.2 Å². The number of aromatic nitrogens is 1. The maximum absolute atomic E-state index is 12.6. The van der Waals surface area contributed by atoms with Gasteiger partial charge in [0.05, 0.1) is 13.0 Å². The molecule has 0 aliphatic carbocycles. The Morgan fingerprint density at radius 2 is 2.07 bits per heavy atom. The van der Waals surface area contributed by atoms with Crippen LogP contribution in [0.3, 0.4) is 0 Å². The number of nitrogens with zero attached hydrogens (tertiary/aromatic N) is 2. The molecule has 1 aromatic carbocycles. The minimum atomic E-state index is -0.869. The molecule has 9 heteroatoms. The van der Waals surface area contributed by atoms with Crippen molar-refractivity contribution in [1.82, 2.24) is 20.5 Å². The first-order chi connectivity index (χ1) is 14.1. The van der Waals surface area contributed by atoms with E-state index in [1.54, 1.807) is 24.4 Å². The molecule has 4 rings (SSSR count). The second kappa shape index (κ2) is 8.17. The zero-order chi connectivity index (χ0) is 20.2. The van der Waals surface area contributed by atoms with Crippen molar-refractivity contribution in [1.29, 1.82) is 0 Å². The first-order valence-corrected chi connectivity index (χ1v) is 9.27. The van der Waals surface area contributed by atoms with Gasteiger partial charge in [0.2, 0.25) is 12.7 Å². The summed E-state index contributed by atoms with van der Waals surface area (Å²) < 4.78 is 10.6. The average Bonchev–Trinajstić information content (AvgIpc) is 3.28. The highest BCUT2D eigenvalue weighted by molar-refractivity contribution is 6.05. The lowest BCUT2D eigenvalue weighted by molar-refractivity contribution is -0.131. The van der Waals surface area contributed by atoms with E-state index in [9.17, 15) is 14.4 Å². The fourth-order valence-corrected chi connectivity index (χ4v) is 3.22. The van der Waals surface area contributed by atoms with Crippen molar-refractivity contribution >= 4 is 17.8 Å². The van der Waals surface area contributed by atoms with Crippen LogP contribution in [0, 0.1) is 0 Å². The Bertz CT molecular complexity index is 934. The lowest BCUT2D eigenvalue weighted by atomic mass is 10.1.